The van der Waals surface area contributed by atoms with Gasteiger partial charge in [-0.15, -0.1) is 0 Å². The molecule has 1 aromatic heterocycles. The molecule has 0 aliphatic carbocycles. The molecule has 21 heavy (non-hydrogen) atoms. The molecule has 2 N–H and O–H groups in total. The zero-order valence-corrected chi connectivity index (χ0v) is 11.8. The van der Waals surface area contributed by atoms with E-state index in [0.717, 1.165) is 11.3 Å². The number of carbonyl (C=O) groups excluding carboxylic acids is 1. The first kappa shape index (κ1) is 15.3. The highest BCUT2D eigenvalue weighted by Crippen LogP contribution is 2.02. The fraction of sp³-hybridized carbons (Fsp3) is 0.312. The van der Waals surface area contributed by atoms with Crippen molar-refractivity contribution in [2.75, 3.05) is 13.1 Å². The maximum Gasteiger partial charge on any atom is 0.221 e. The molecule has 2 aromatic rings. The Bertz CT molecular complexity index is 538. The number of rotatable bonds is 8. The van der Waals surface area contributed by atoms with Gasteiger partial charge in [0.1, 0.15) is 11.6 Å². The van der Waals surface area contributed by atoms with E-state index in [-0.39, 0.29) is 11.7 Å². The van der Waals surface area contributed by atoms with Crippen molar-refractivity contribution >= 4 is 5.91 Å². The fourth-order valence-electron chi connectivity index (χ4n) is 1.91. The number of hydrogen-bond donors (Lipinski definition) is 2. The van der Waals surface area contributed by atoms with Crippen LogP contribution in [-0.4, -0.2) is 19.0 Å². The van der Waals surface area contributed by atoms with E-state index in [1.807, 2.05) is 12.1 Å². The third kappa shape index (κ3) is 5.79. The Hall–Kier alpha value is -2.14. The molecule has 0 aliphatic rings. The number of nitrogens with one attached hydrogen (secondary N) is 2. The van der Waals surface area contributed by atoms with Crippen LogP contribution in [0.1, 0.15) is 17.7 Å². The quantitative estimate of drug-likeness (QED) is 0.733. The van der Waals surface area contributed by atoms with Gasteiger partial charge in [-0.05, 0) is 36.2 Å². The highest BCUT2D eigenvalue weighted by molar-refractivity contribution is 5.76. The normalized spacial score (nSPS) is 10.5. The van der Waals surface area contributed by atoms with Gasteiger partial charge in [-0.3, -0.25) is 4.79 Å². The second-order valence-electron chi connectivity index (χ2n) is 4.73. The van der Waals surface area contributed by atoms with E-state index < -0.39 is 0 Å². The standard InChI is InChI=1S/C16H19FN2O2/c17-14-5-3-13(4-6-14)7-10-19-16(20)8-9-18-12-15-2-1-11-21-15/h1-6,11,18H,7-10,12H2,(H,19,20). The zero-order valence-electron chi connectivity index (χ0n) is 11.8. The average molecular weight is 290 g/mol. The van der Waals surface area contributed by atoms with Gasteiger partial charge in [-0.2, -0.15) is 0 Å². The highest BCUT2D eigenvalue weighted by Gasteiger charge is 2.01. The van der Waals surface area contributed by atoms with Crippen molar-refractivity contribution in [2.24, 2.45) is 0 Å². The van der Waals surface area contributed by atoms with Crippen molar-refractivity contribution in [1.29, 1.82) is 0 Å². The molecule has 0 atom stereocenters. The number of amides is 1. The maximum absolute atomic E-state index is 12.7. The van der Waals surface area contributed by atoms with E-state index in [1.165, 1.54) is 12.1 Å². The van der Waals surface area contributed by atoms with E-state index >= 15 is 0 Å². The van der Waals surface area contributed by atoms with Crippen LogP contribution in [0.3, 0.4) is 0 Å². The van der Waals surface area contributed by atoms with Crippen LogP contribution in [0, 0.1) is 5.82 Å². The summed E-state index contributed by atoms with van der Waals surface area (Å²) in [7, 11) is 0. The molecule has 112 valence electrons. The number of benzene rings is 1. The number of halogens is 1. The smallest absolute Gasteiger partial charge is 0.221 e. The van der Waals surface area contributed by atoms with Gasteiger partial charge in [0.15, 0.2) is 0 Å². The van der Waals surface area contributed by atoms with E-state index in [2.05, 4.69) is 10.6 Å². The lowest BCUT2D eigenvalue weighted by atomic mass is 10.1. The molecule has 0 bridgehead atoms. The summed E-state index contributed by atoms with van der Waals surface area (Å²) >= 11 is 0. The molecule has 4 nitrogen and oxygen atoms in total. The lowest BCUT2D eigenvalue weighted by Crippen LogP contribution is -2.29. The molecule has 0 saturated heterocycles. The van der Waals surface area contributed by atoms with Gasteiger partial charge >= 0.3 is 0 Å². The minimum Gasteiger partial charge on any atom is -0.468 e. The Morgan fingerprint density at radius 1 is 1.14 bits per heavy atom. The van der Waals surface area contributed by atoms with Crippen molar-refractivity contribution in [3.05, 3.63) is 59.8 Å². The first-order valence-corrected chi connectivity index (χ1v) is 6.98. The molecule has 0 unspecified atom stereocenters. The Morgan fingerprint density at radius 3 is 2.67 bits per heavy atom. The molecular weight excluding hydrogens is 271 g/mol. The second-order valence-corrected chi connectivity index (χ2v) is 4.73. The van der Waals surface area contributed by atoms with Crippen LogP contribution in [0.5, 0.6) is 0 Å². The predicted octanol–water partition coefficient (Wildman–Crippen LogP) is 2.26. The fourth-order valence-corrected chi connectivity index (χ4v) is 1.91. The monoisotopic (exact) mass is 290 g/mol. The molecule has 0 saturated carbocycles. The summed E-state index contributed by atoms with van der Waals surface area (Å²) in [5, 5.41) is 5.98. The van der Waals surface area contributed by atoms with Crippen LogP contribution >= 0.6 is 0 Å². The van der Waals surface area contributed by atoms with Crippen LogP contribution in [0.2, 0.25) is 0 Å². The van der Waals surface area contributed by atoms with Gasteiger partial charge in [0.25, 0.3) is 0 Å². The minimum atomic E-state index is -0.245. The molecule has 2 rings (SSSR count). The molecular formula is C16H19FN2O2. The Labute approximate surface area is 123 Å². The molecule has 1 aromatic carbocycles. The summed E-state index contributed by atoms with van der Waals surface area (Å²) in [6.45, 7) is 1.78. The predicted molar refractivity (Wildman–Crippen MR) is 78.1 cm³/mol. The minimum absolute atomic E-state index is 0.00376. The maximum atomic E-state index is 12.7. The molecule has 0 radical (unpaired) electrons. The molecule has 5 heteroatoms. The van der Waals surface area contributed by atoms with E-state index in [0.29, 0.717) is 32.5 Å². The van der Waals surface area contributed by atoms with E-state index in [4.69, 9.17) is 4.42 Å². The third-order valence-electron chi connectivity index (χ3n) is 3.06. The van der Waals surface area contributed by atoms with Crippen LogP contribution < -0.4 is 10.6 Å². The summed E-state index contributed by atoms with van der Waals surface area (Å²) in [5.74, 6) is 0.612. The third-order valence-corrected chi connectivity index (χ3v) is 3.06. The largest absolute Gasteiger partial charge is 0.468 e. The van der Waals surface area contributed by atoms with Gasteiger partial charge in [0.2, 0.25) is 5.91 Å². The van der Waals surface area contributed by atoms with Gasteiger partial charge in [-0.25, -0.2) is 4.39 Å². The van der Waals surface area contributed by atoms with Gasteiger partial charge < -0.3 is 15.1 Å². The number of hydrogen-bond acceptors (Lipinski definition) is 3. The summed E-state index contributed by atoms with van der Waals surface area (Å²) in [6.07, 6.45) is 2.75. The number of carbonyl (C=O) groups is 1. The second kappa shape index (κ2) is 8.21. The zero-order chi connectivity index (χ0) is 14.9. The Balaban J connectivity index is 1.54. The molecule has 0 aliphatic heterocycles. The van der Waals surface area contributed by atoms with Crippen molar-refractivity contribution in [1.82, 2.24) is 10.6 Å². The molecule has 1 amide bonds. The van der Waals surface area contributed by atoms with E-state index in [1.54, 1.807) is 18.4 Å². The van der Waals surface area contributed by atoms with Crippen molar-refractivity contribution in [3.63, 3.8) is 0 Å². The molecule has 1 heterocycles. The summed E-state index contributed by atoms with van der Waals surface area (Å²) in [4.78, 5) is 11.6. The summed E-state index contributed by atoms with van der Waals surface area (Å²) < 4.78 is 17.9. The van der Waals surface area contributed by atoms with Crippen molar-refractivity contribution in [2.45, 2.75) is 19.4 Å². The Morgan fingerprint density at radius 2 is 1.95 bits per heavy atom. The van der Waals surface area contributed by atoms with Crippen molar-refractivity contribution in [3.8, 4) is 0 Å². The molecule has 0 spiro atoms. The van der Waals surface area contributed by atoms with Crippen LogP contribution in [0.25, 0.3) is 0 Å². The van der Waals surface area contributed by atoms with Crippen LogP contribution in [-0.2, 0) is 17.8 Å². The topological polar surface area (TPSA) is 54.3 Å². The van der Waals surface area contributed by atoms with Gasteiger partial charge in [0.05, 0.1) is 12.8 Å². The summed E-state index contributed by atoms with van der Waals surface area (Å²) in [6, 6.07) is 10.0. The lowest BCUT2D eigenvalue weighted by molar-refractivity contribution is -0.120. The van der Waals surface area contributed by atoms with Gasteiger partial charge in [-0.1, -0.05) is 12.1 Å². The first-order valence-electron chi connectivity index (χ1n) is 6.98. The summed E-state index contributed by atoms with van der Waals surface area (Å²) in [5.41, 5.74) is 1.01. The van der Waals surface area contributed by atoms with Crippen LogP contribution in [0.15, 0.2) is 47.1 Å². The average Bonchev–Trinajstić information content (AvgIpc) is 2.99. The highest BCUT2D eigenvalue weighted by atomic mass is 19.1. The first-order chi connectivity index (χ1) is 10.2. The SMILES string of the molecule is O=C(CCNCc1ccco1)NCCc1ccc(F)cc1. The number of furan rings is 1. The van der Waals surface area contributed by atoms with E-state index in [9.17, 15) is 9.18 Å². The Kier molecular flexibility index (Phi) is 5.97. The van der Waals surface area contributed by atoms with Crippen molar-refractivity contribution < 1.29 is 13.6 Å². The molecule has 0 fully saturated rings. The lowest BCUT2D eigenvalue weighted by Gasteiger charge is -2.06. The van der Waals surface area contributed by atoms with Gasteiger partial charge in [0, 0.05) is 19.5 Å². The van der Waals surface area contributed by atoms with Crippen LogP contribution in [0.4, 0.5) is 4.39 Å².